The number of fused-ring (bicyclic) bond motifs is 5. The van der Waals surface area contributed by atoms with Crippen LogP contribution in [-0.4, -0.2) is 35.1 Å². The van der Waals surface area contributed by atoms with Gasteiger partial charge in [0, 0.05) is 337 Å². The van der Waals surface area contributed by atoms with Gasteiger partial charge in [0.15, 0.2) is 0 Å². The van der Waals surface area contributed by atoms with Gasteiger partial charge in [0.2, 0.25) is 0 Å². The van der Waals surface area contributed by atoms with Crippen molar-refractivity contribution in [2.24, 2.45) is 34.5 Å². The van der Waals surface area contributed by atoms with E-state index >= 15 is 0 Å². The Morgan fingerprint density at radius 1 is 0.738 bits per heavy atom. The van der Waals surface area contributed by atoms with Gasteiger partial charge in [-0.2, -0.15) is 0 Å². The van der Waals surface area contributed by atoms with Crippen LogP contribution in [0.3, 0.4) is 0 Å². The third kappa shape index (κ3) is 18.6. The summed E-state index contributed by atoms with van der Waals surface area (Å²) in [5.74, 6) is 1.76. The molecule has 0 aliphatic heterocycles. The van der Waals surface area contributed by atoms with E-state index in [9.17, 15) is 5.11 Å². The zero-order chi connectivity index (χ0) is 18.9. The molecule has 4 aliphatic rings. The SMILES string of the molecule is COC1(OC)CCC2(C)C(=C[C@@H](C)C3C4CC[C](=[W])C4(C)C[C@@H](O)C32)C1.[W].[W].[W].[W].[W].[W].[W].[W].[W].[W].[W].[W].[W].[W].[W].[W]. The molecule has 0 amide bonds. The second-order valence-electron chi connectivity index (χ2n) is 9.82. The summed E-state index contributed by atoms with van der Waals surface area (Å²) in [6.45, 7) is 7.25. The van der Waals surface area contributed by atoms with Gasteiger partial charge in [0.25, 0.3) is 0 Å². The topological polar surface area (TPSA) is 38.7 Å². The van der Waals surface area contributed by atoms with Crippen LogP contribution in [0.1, 0.15) is 59.3 Å². The molecule has 4 rings (SSSR count). The van der Waals surface area contributed by atoms with E-state index in [4.69, 9.17) is 9.47 Å². The number of allylic oxidation sites excluding steroid dienone is 1. The Morgan fingerprint density at radius 2 is 1.17 bits per heavy atom. The van der Waals surface area contributed by atoms with Crippen molar-refractivity contribution < 1.29 is 371 Å². The van der Waals surface area contributed by atoms with Crippen molar-refractivity contribution in [3.05, 3.63) is 11.6 Å². The molecule has 3 fully saturated rings. The van der Waals surface area contributed by atoms with E-state index in [0.717, 1.165) is 31.6 Å². The zero-order valence-corrected chi connectivity index (χ0v) is 73.3. The standard InChI is InChI=1S/C22H34O3.17W/c1-14-11-15-12-22(24-4,25-5)10-9-21(15,3)19-17(23)13-20(2)8-6-7-16(20)18(14)19;;;;;;;;;;;;;;;;;/h11,14,16-19,23H,6-7,9-10,12-13H2,1-5H3;;;;;;;;;;;;;;;;;/t14-,16?,17-,18?,19?,20?,21?;;;;;;;;;;;;;;;;;/m1................./s1. The second-order valence-corrected chi connectivity index (χ2v) is 11.6. The number of rotatable bonds is 2. The van der Waals surface area contributed by atoms with E-state index in [-0.39, 0.29) is 354 Å². The van der Waals surface area contributed by atoms with E-state index in [0.29, 0.717) is 17.8 Å². The Labute approximate surface area is 495 Å². The minimum atomic E-state index is -0.479. The molecule has 0 radical (unpaired) electrons. The van der Waals surface area contributed by atoms with Crippen molar-refractivity contribution in [2.45, 2.75) is 71.2 Å². The van der Waals surface area contributed by atoms with Crippen molar-refractivity contribution in [1.82, 2.24) is 0 Å². The fourth-order valence-corrected chi connectivity index (χ4v) is 8.54. The first kappa shape index (κ1) is 89.7. The number of aliphatic hydroxyl groups is 1. The van der Waals surface area contributed by atoms with Gasteiger partial charge in [-0.3, -0.25) is 0 Å². The number of hydrogen-bond donors (Lipinski definition) is 1. The van der Waals surface area contributed by atoms with Gasteiger partial charge in [-0.05, 0) is 0 Å². The molecule has 42 heavy (non-hydrogen) atoms. The molecule has 0 aromatic carbocycles. The summed E-state index contributed by atoms with van der Waals surface area (Å²) in [6, 6.07) is 0. The summed E-state index contributed by atoms with van der Waals surface area (Å²) in [6.07, 6.45) is 8.71. The van der Waals surface area contributed by atoms with Gasteiger partial charge in [-0.1, -0.05) is 0 Å². The summed E-state index contributed by atoms with van der Waals surface area (Å²) < 4.78 is 13.3. The summed E-state index contributed by atoms with van der Waals surface area (Å²) in [4.78, 5) is 0. The third-order valence-electron chi connectivity index (χ3n) is 8.83. The summed E-state index contributed by atoms with van der Waals surface area (Å²) >= 11 is 1.64. The van der Waals surface area contributed by atoms with E-state index < -0.39 is 5.79 Å². The van der Waals surface area contributed by atoms with Crippen molar-refractivity contribution in [3.63, 3.8) is 0 Å². The molecule has 242 valence electrons. The maximum absolute atomic E-state index is 11.4. The maximum Gasteiger partial charge on any atom is 0 e. The van der Waals surface area contributed by atoms with Crippen LogP contribution in [-0.2, 0) is 366 Å². The van der Waals surface area contributed by atoms with Crippen LogP contribution < -0.4 is 0 Å². The van der Waals surface area contributed by atoms with Crippen molar-refractivity contribution in [1.29, 1.82) is 0 Å². The Morgan fingerprint density at radius 3 is 1.57 bits per heavy atom. The quantitative estimate of drug-likeness (QED) is 0.338. The number of methoxy groups -OCH3 is 2. The predicted octanol–water partition coefficient (Wildman–Crippen LogP) is 3.83. The molecule has 3 nitrogen and oxygen atoms in total. The first-order chi connectivity index (χ1) is 12.2. The van der Waals surface area contributed by atoms with Gasteiger partial charge in [-0.15, -0.1) is 0 Å². The molecule has 0 aromatic heterocycles. The smallest absolute Gasteiger partial charge is 0 e. The Balaban J connectivity index is -0.0000000478. The largest absolute Gasteiger partial charge is 0 e. The normalized spacial score (nSPS) is 30.9. The fraction of sp³-hybridized carbons (Fsp3) is 0.864. The molecule has 1 N–H and O–H groups in total. The Kier molecular flexibility index (Phi) is 83.4. The molecule has 0 bridgehead atoms. The van der Waals surface area contributed by atoms with Crippen molar-refractivity contribution >= 4 is 3.90 Å². The minimum Gasteiger partial charge on any atom is 0 e. The Bertz CT molecular complexity index is 674. The van der Waals surface area contributed by atoms with Crippen LogP contribution in [0, 0.1) is 34.5 Å². The number of hydrogen-bond acceptors (Lipinski definition) is 3. The van der Waals surface area contributed by atoms with E-state index in [1.807, 2.05) is 0 Å². The number of ether oxygens (including phenoxy) is 2. The molecule has 3 saturated carbocycles. The first-order valence-corrected chi connectivity index (χ1v) is 11.7. The van der Waals surface area contributed by atoms with Crippen LogP contribution in [0.2, 0.25) is 0 Å². The molecule has 0 spiro atoms. The van der Waals surface area contributed by atoms with Gasteiger partial charge >= 0.3 is 169 Å². The van der Waals surface area contributed by atoms with Crippen LogP contribution in [0.5, 0.6) is 0 Å². The van der Waals surface area contributed by atoms with Crippen molar-refractivity contribution in [3.8, 4) is 0 Å². The maximum atomic E-state index is 11.4. The summed E-state index contributed by atoms with van der Waals surface area (Å²) in [5.41, 5.74) is 1.82. The average molecular weight is 3470 g/mol. The van der Waals surface area contributed by atoms with Crippen LogP contribution in [0.4, 0.5) is 0 Å². The molecule has 0 heterocycles. The van der Waals surface area contributed by atoms with Crippen LogP contribution in [0.15, 0.2) is 11.6 Å². The number of aliphatic hydroxyl groups excluding tert-OH is 1. The molecular formula is C22H34O3W17. The first-order valence-electron chi connectivity index (χ1n) is 10.2. The second kappa shape index (κ2) is 39.0. The van der Waals surface area contributed by atoms with Gasteiger partial charge in [-0.25, -0.2) is 0 Å². The summed E-state index contributed by atoms with van der Waals surface area (Å²) in [5, 5.41) is 11.4. The molecular weight excluding hydrogens is 3440 g/mol. The molecule has 5 unspecified atom stereocenters. The van der Waals surface area contributed by atoms with Gasteiger partial charge in [0.05, 0.1) is 0 Å². The zero-order valence-electron chi connectivity index (χ0n) is 23.4. The predicted molar refractivity (Wildman–Crippen MR) is 99.4 cm³/mol. The van der Waals surface area contributed by atoms with Gasteiger partial charge in [0.1, 0.15) is 0 Å². The third-order valence-corrected chi connectivity index (χ3v) is 11.2. The Hall–Kier alpha value is 11.2. The molecule has 0 aromatic rings. The van der Waals surface area contributed by atoms with E-state index in [1.54, 1.807) is 37.5 Å². The van der Waals surface area contributed by atoms with Crippen LogP contribution >= 0.6 is 0 Å². The molecule has 7 atom stereocenters. The van der Waals surface area contributed by atoms with Crippen molar-refractivity contribution in [2.75, 3.05) is 14.2 Å². The molecule has 20 heteroatoms. The fourth-order valence-electron chi connectivity index (χ4n) is 7.27. The average Bonchev–Trinajstić information content (AvgIpc) is 2.90. The molecule has 0 saturated heterocycles. The van der Waals surface area contributed by atoms with Gasteiger partial charge < -0.3 is 0 Å². The molecule has 4 aliphatic carbocycles. The monoisotopic (exact) mass is 3470 g/mol. The summed E-state index contributed by atoms with van der Waals surface area (Å²) in [7, 11) is 3.53. The van der Waals surface area contributed by atoms with E-state index in [2.05, 4.69) is 26.8 Å². The van der Waals surface area contributed by atoms with E-state index in [1.165, 1.54) is 18.4 Å². The van der Waals surface area contributed by atoms with Crippen LogP contribution in [0.25, 0.3) is 0 Å². The minimum absolute atomic E-state index is 0.